The minimum atomic E-state index is -1.18. The van der Waals surface area contributed by atoms with Gasteiger partial charge in [0.1, 0.15) is 23.9 Å². The maximum absolute atomic E-state index is 13.3. The Bertz CT molecular complexity index is 667. The predicted octanol–water partition coefficient (Wildman–Crippen LogP) is 2.10. The van der Waals surface area contributed by atoms with Crippen LogP contribution in [0.2, 0.25) is 0 Å². The smallest absolute Gasteiger partial charge is 0.352 e. The summed E-state index contributed by atoms with van der Waals surface area (Å²) in [5.74, 6) is -3.30. The molecule has 2 N–H and O–H groups in total. The Morgan fingerprint density at radius 2 is 2.00 bits per heavy atom. The van der Waals surface area contributed by atoms with Crippen molar-refractivity contribution < 1.29 is 23.5 Å². The Labute approximate surface area is 112 Å². The van der Waals surface area contributed by atoms with Crippen LogP contribution < -0.4 is 5.32 Å². The average Bonchev–Trinajstić information content (AvgIpc) is 2.82. The standard InChI is InChI=1S/C13H10F2N2O3/c14-8-3-4-9(15)10(6-8)16-12(18)7-17-5-1-2-11(17)13(19)20/h1-6H,7H2,(H,16,18)(H,19,20). The second-order valence-corrected chi connectivity index (χ2v) is 4.00. The lowest BCUT2D eigenvalue weighted by atomic mass is 10.3. The first-order valence-corrected chi connectivity index (χ1v) is 5.60. The van der Waals surface area contributed by atoms with E-state index >= 15 is 0 Å². The lowest BCUT2D eigenvalue weighted by molar-refractivity contribution is -0.116. The number of nitrogens with one attached hydrogen (secondary N) is 1. The van der Waals surface area contributed by atoms with E-state index in [0.717, 1.165) is 18.2 Å². The first-order valence-electron chi connectivity index (χ1n) is 5.60. The first kappa shape index (κ1) is 13.7. The molecule has 1 aromatic carbocycles. The number of amides is 1. The lowest BCUT2D eigenvalue weighted by Crippen LogP contribution is -2.21. The minimum Gasteiger partial charge on any atom is -0.477 e. The Hall–Kier alpha value is -2.70. The highest BCUT2D eigenvalue weighted by atomic mass is 19.1. The molecule has 0 saturated heterocycles. The maximum atomic E-state index is 13.3. The second kappa shape index (κ2) is 5.52. The van der Waals surface area contributed by atoms with Crippen LogP contribution >= 0.6 is 0 Å². The molecule has 0 spiro atoms. The molecule has 20 heavy (non-hydrogen) atoms. The fourth-order valence-electron chi connectivity index (χ4n) is 1.68. The molecular weight excluding hydrogens is 270 g/mol. The molecule has 7 heteroatoms. The van der Waals surface area contributed by atoms with E-state index in [4.69, 9.17) is 5.11 Å². The van der Waals surface area contributed by atoms with E-state index in [2.05, 4.69) is 5.32 Å². The van der Waals surface area contributed by atoms with Gasteiger partial charge in [-0.1, -0.05) is 0 Å². The Morgan fingerprint density at radius 3 is 2.70 bits per heavy atom. The molecule has 0 atom stereocenters. The van der Waals surface area contributed by atoms with Gasteiger partial charge in [0.25, 0.3) is 0 Å². The van der Waals surface area contributed by atoms with Crippen molar-refractivity contribution in [3.05, 3.63) is 53.9 Å². The van der Waals surface area contributed by atoms with Crippen molar-refractivity contribution in [3.63, 3.8) is 0 Å². The number of nitrogens with zero attached hydrogens (tertiary/aromatic N) is 1. The quantitative estimate of drug-likeness (QED) is 0.901. The molecule has 1 amide bonds. The number of anilines is 1. The van der Waals surface area contributed by atoms with Crippen molar-refractivity contribution in [2.75, 3.05) is 5.32 Å². The van der Waals surface area contributed by atoms with Gasteiger partial charge in [0, 0.05) is 12.3 Å². The minimum absolute atomic E-state index is 0.0696. The number of carboxylic acid groups (broad SMARTS) is 1. The van der Waals surface area contributed by atoms with Crippen molar-refractivity contribution in [2.45, 2.75) is 6.54 Å². The highest BCUT2D eigenvalue weighted by Gasteiger charge is 2.13. The van der Waals surface area contributed by atoms with Gasteiger partial charge in [-0.05, 0) is 24.3 Å². The lowest BCUT2D eigenvalue weighted by Gasteiger charge is -2.08. The van der Waals surface area contributed by atoms with Crippen LogP contribution in [0, 0.1) is 11.6 Å². The summed E-state index contributed by atoms with van der Waals surface area (Å²) in [5.41, 5.74) is -0.362. The van der Waals surface area contributed by atoms with Crippen LogP contribution in [0.15, 0.2) is 36.5 Å². The zero-order valence-corrected chi connectivity index (χ0v) is 10.1. The fourth-order valence-corrected chi connectivity index (χ4v) is 1.68. The molecule has 0 radical (unpaired) electrons. The topological polar surface area (TPSA) is 71.3 Å². The number of hydrogen-bond acceptors (Lipinski definition) is 2. The summed E-state index contributed by atoms with van der Waals surface area (Å²) in [6, 6.07) is 5.47. The molecule has 0 aliphatic rings. The third-order valence-electron chi connectivity index (χ3n) is 2.57. The summed E-state index contributed by atoms with van der Waals surface area (Å²) in [5, 5.41) is 11.1. The van der Waals surface area contributed by atoms with Crippen LogP contribution in [0.1, 0.15) is 10.5 Å². The number of carbonyl (C=O) groups excluding carboxylic acids is 1. The van der Waals surface area contributed by atoms with Crippen molar-refractivity contribution >= 4 is 17.6 Å². The van der Waals surface area contributed by atoms with Gasteiger partial charge >= 0.3 is 5.97 Å². The first-order chi connectivity index (χ1) is 9.47. The van der Waals surface area contributed by atoms with E-state index in [1.54, 1.807) is 0 Å². The molecule has 104 valence electrons. The summed E-state index contributed by atoms with van der Waals surface area (Å²) in [7, 11) is 0. The van der Waals surface area contributed by atoms with Crippen molar-refractivity contribution in [1.82, 2.24) is 4.57 Å². The molecule has 0 saturated carbocycles. The van der Waals surface area contributed by atoms with Gasteiger partial charge in [0.2, 0.25) is 5.91 Å². The molecule has 0 bridgehead atoms. The number of carbonyl (C=O) groups is 2. The fraction of sp³-hybridized carbons (Fsp3) is 0.0769. The predicted molar refractivity (Wildman–Crippen MR) is 66.4 cm³/mol. The number of rotatable bonds is 4. The van der Waals surface area contributed by atoms with Crippen molar-refractivity contribution in [3.8, 4) is 0 Å². The van der Waals surface area contributed by atoms with E-state index in [9.17, 15) is 18.4 Å². The molecular formula is C13H10F2N2O3. The normalized spacial score (nSPS) is 10.3. The molecule has 0 unspecified atom stereocenters. The Morgan fingerprint density at radius 1 is 1.25 bits per heavy atom. The highest BCUT2D eigenvalue weighted by molar-refractivity contribution is 5.92. The number of carboxylic acids is 1. The number of halogens is 2. The van der Waals surface area contributed by atoms with Crippen molar-refractivity contribution in [2.24, 2.45) is 0 Å². The summed E-state index contributed by atoms with van der Waals surface area (Å²) >= 11 is 0. The molecule has 1 heterocycles. The van der Waals surface area contributed by atoms with E-state index in [0.29, 0.717) is 0 Å². The van der Waals surface area contributed by atoms with E-state index in [1.807, 2.05) is 0 Å². The van der Waals surface area contributed by atoms with Crippen LogP contribution in [0.5, 0.6) is 0 Å². The average molecular weight is 280 g/mol. The largest absolute Gasteiger partial charge is 0.477 e. The van der Waals surface area contributed by atoms with Gasteiger partial charge in [-0.3, -0.25) is 4.79 Å². The third kappa shape index (κ3) is 3.00. The summed E-state index contributed by atoms with van der Waals surface area (Å²) in [4.78, 5) is 22.6. The van der Waals surface area contributed by atoms with Crippen molar-refractivity contribution in [1.29, 1.82) is 0 Å². The number of aromatic carboxylic acids is 1. The van der Waals surface area contributed by atoms with Gasteiger partial charge in [-0.2, -0.15) is 0 Å². The van der Waals surface area contributed by atoms with Gasteiger partial charge < -0.3 is 15.0 Å². The van der Waals surface area contributed by atoms with Gasteiger partial charge in [0.15, 0.2) is 0 Å². The van der Waals surface area contributed by atoms with Crippen LogP contribution in [0.3, 0.4) is 0 Å². The SMILES string of the molecule is O=C(Cn1cccc1C(=O)O)Nc1cc(F)ccc1F. The number of benzene rings is 1. The van der Waals surface area contributed by atoms with E-state index in [1.165, 1.54) is 22.9 Å². The summed E-state index contributed by atoms with van der Waals surface area (Å²) < 4.78 is 27.5. The van der Waals surface area contributed by atoms with Crippen LogP contribution in [0.25, 0.3) is 0 Å². The van der Waals surface area contributed by atoms with Gasteiger partial charge in [0.05, 0.1) is 5.69 Å². The molecule has 0 aliphatic heterocycles. The summed E-state index contributed by atoms with van der Waals surface area (Å²) in [6.07, 6.45) is 1.41. The Balaban J connectivity index is 2.11. The van der Waals surface area contributed by atoms with Gasteiger partial charge in [-0.25, -0.2) is 13.6 Å². The molecule has 2 aromatic rings. The maximum Gasteiger partial charge on any atom is 0.352 e. The molecule has 0 fully saturated rings. The highest BCUT2D eigenvalue weighted by Crippen LogP contribution is 2.15. The monoisotopic (exact) mass is 280 g/mol. The zero-order chi connectivity index (χ0) is 14.7. The summed E-state index contributed by atoms with van der Waals surface area (Å²) in [6.45, 7) is -0.315. The Kier molecular flexibility index (Phi) is 3.79. The van der Waals surface area contributed by atoms with E-state index < -0.39 is 23.5 Å². The van der Waals surface area contributed by atoms with E-state index in [-0.39, 0.29) is 17.9 Å². The molecule has 0 aliphatic carbocycles. The second-order valence-electron chi connectivity index (χ2n) is 4.00. The number of aromatic nitrogens is 1. The molecule has 5 nitrogen and oxygen atoms in total. The number of hydrogen-bond donors (Lipinski definition) is 2. The van der Waals surface area contributed by atoms with Crippen LogP contribution in [0.4, 0.5) is 14.5 Å². The van der Waals surface area contributed by atoms with Crippen LogP contribution in [-0.2, 0) is 11.3 Å². The van der Waals surface area contributed by atoms with Crippen LogP contribution in [-0.4, -0.2) is 21.6 Å². The molecule has 2 rings (SSSR count). The van der Waals surface area contributed by atoms with Gasteiger partial charge in [-0.15, -0.1) is 0 Å². The zero-order valence-electron chi connectivity index (χ0n) is 10.1. The molecule has 1 aromatic heterocycles. The third-order valence-corrected chi connectivity index (χ3v) is 2.57.